The average Bonchev–Trinajstić information content (AvgIpc) is 2.25. The van der Waals surface area contributed by atoms with Gasteiger partial charge in [0.1, 0.15) is 18.0 Å². The van der Waals surface area contributed by atoms with E-state index in [1.54, 1.807) is 32.9 Å². The molecule has 104 valence electrons. The Bertz CT molecular complexity index is 449. The summed E-state index contributed by atoms with van der Waals surface area (Å²) in [5, 5.41) is 2.51. The van der Waals surface area contributed by atoms with Crippen molar-refractivity contribution in [3.63, 3.8) is 0 Å². The Labute approximate surface area is 112 Å². The monoisotopic (exact) mass is 266 g/mol. The van der Waals surface area contributed by atoms with Crippen LogP contribution in [0.5, 0.6) is 0 Å². The molecule has 1 aromatic heterocycles. The second-order valence-corrected chi connectivity index (χ2v) is 4.96. The van der Waals surface area contributed by atoms with E-state index in [0.29, 0.717) is 5.82 Å². The van der Waals surface area contributed by atoms with Gasteiger partial charge in [-0.2, -0.15) is 0 Å². The minimum absolute atomic E-state index is 0.162. The maximum absolute atomic E-state index is 11.5. The van der Waals surface area contributed by atoms with E-state index in [-0.39, 0.29) is 12.6 Å². The van der Waals surface area contributed by atoms with E-state index in [1.165, 1.54) is 13.1 Å². The van der Waals surface area contributed by atoms with Crippen LogP contribution in [0.25, 0.3) is 0 Å². The predicted molar refractivity (Wildman–Crippen MR) is 69.6 cm³/mol. The number of ether oxygens (including phenoxy) is 2. The largest absolute Gasteiger partial charge is 0.461 e. The van der Waals surface area contributed by atoms with Crippen LogP contribution in [-0.2, 0) is 20.9 Å². The summed E-state index contributed by atoms with van der Waals surface area (Å²) in [7, 11) is 0. The molecule has 1 N–H and O–H groups in total. The van der Waals surface area contributed by atoms with Crippen LogP contribution in [0.2, 0.25) is 0 Å². The van der Waals surface area contributed by atoms with Crippen molar-refractivity contribution in [2.24, 2.45) is 0 Å². The molecule has 0 saturated heterocycles. The highest BCUT2D eigenvalue weighted by Crippen LogP contribution is 2.10. The number of aromatic nitrogens is 1. The highest BCUT2D eigenvalue weighted by Gasteiger charge is 2.16. The number of pyridine rings is 1. The summed E-state index contributed by atoms with van der Waals surface area (Å²) < 4.78 is 9.92. The number of esters is 1. The molecular weight excluding hydrogens is 248 g/mol. The molecule has 6 nitrogen and oxygen atoms in total. The van der Waals surface area contributed by atoms with Crippen LogP contribution in [0, 0.1) is 0 Å². The molecule has 0 radical (unpaired) electrons. The molecule has 1 rings (SSSR count). The molecule has 0 aromatic carbocycles. The lowest BCUT2D eigenvalue weighted by atomic mass is 10.2. The molecule has 1 aromatic rings. The summed E-state index contributed by atoms with van der Waals surface area (Å²) in [4.78, 5) is 26.2. The van der Waals surface area contributed by atoms with E-state index in [0.717, 1.165) is 5.56 Å². The fraction of sp³-hybridized carbons (Fsp3) is 0.462. The lowest BCUT2D eigenvalue weighted by Gasteiger charge is -2.19. The number of nitrogens with one attached hydrogen (secondary N) is 1. The third-order valence-corrected chi connectivity index (χ3v) is 1.90. The van der Waals surface area contributed by atoms with Gasteiger partial charge in [-0.25, -0.2) is 9.78 Å². The topological polar surface area (TPSA) is 77.5 Å². The third-order valence-electron chi connectivity index (χ3n) is 1.90. The van der Waals surface area contributed by atoms with Crippen LogP contribution < -0.4 is 5.32 Å². The van der Waals surface area contributed by atoms with Crippen LogP contribution in [0.15, 0.2) is 18.3 Å². The van der Waals surface area contributed by atoms with Crippen molar-refractivity contribution in [3.05, 3.63) is 23.9 Å². The number of hydrogen-bond acceptors (Lipinski definition) is 5. The lowest BCUT2D eigenvalue weighted by molar-refractivity contribution is -0.142. The van der Waals surface area contributed by atoms with Gasteiger partial charge in [-0.15, -0.1) is 0 Å². The highest BCUT2D eigenvalue weighted by molar-refractivity contribution is 5.83. The van der Waals surface area contributed by atoms with Crippen LogP contribution in [0.3, 0.4) is 0 Å². The summed E-state index contributed by atoms with van der Waals surface area (Å²) in [5.41, 5.74) is 0.184. The first kappa shape index (κ1) is 14.9. The van der Waals surface area contributed by atoms with E-state index in [2.05, 4.69) is 10.3 Å². The van der Waals surface area contributed by atoms with Gasteiger partial charge in [-0.3, -0.25) is 10.1 Å². The molecule has 0 aliphatic heterocycles. The van der Waals surface area contributed by atoms with E-state index in [9.17, 15) is 9.59 Å². The maximum atomic E-state index is 11.5. The number of hydrogen-bond donors (Lipinski definition) is 1. The van der Waals surface area contributed by atoms with Crippen molar-refractivity contribution in [1.29, 1.82) is 0 Å². The Kier molecular flexibility index (Phi) is 4.86. The quantitative estimate of drug-likeness (QED) is 0.850. The molecule has 19 heavy (non-hydrogen) atoms. The summed E-state index contributed by atoms with van der Waals surface area (Å²) in [6.07, 6.45) is 0.961. The van der Waals surface area contributed by atoms with Crippen molar-refractivity contribution in [2.45, 2.75) is 39.9 Å². The Hall–Kier alpha value is -2.11. The summed E-state index contributed by atoms with van der Waals surface area (Å²) in [5.74, 6) is 0.0248. The molecule has 0 aliphatic carbocycles. The Balaban J connectivity index is 2.52. The number of carbonyl (C=O) groups excluding carboxylic acids is 2. The Morgan fingerprint density at radius 2 is 2.00 bits per heavy atom. The third kappa shape index (κ3) is 6.40. The molecular formula is C13H18N2O4. The number of anilines is 1. The van der Waals surface area contributed by atoms with Crippen LogP contribution >= 0.6 is 0 Å². The molecule has 0 atom stereocenters. The zero-order valence-electron chi connectivity index (χ0n) is 11.5. The van der Waals surface area contributed by atoms with Crippen molar-refractivity contribution >= 4 is 17.9 Å². The highest BCUT2D eigenvalue weighted by atomic mass is 16.6. The van der Waals surface area contributed by atoms with Gasteiger partial charge in [0.05, 0.1) is 0 Å². The van der Waals surface area contributed by atoms with Crippen molar-refractivity contribution in [2.75, 3.05) is 5.32 Å². The van der Waals surface area contributed by atoms with Gasteiger partial charge in [0.15, 0.2) is 0 Å². The van der Waals surface area contributed by atoms with Gasteiger partial charge in [0.25, 0.3) is 0 Å². The minimum atomic E-state index is -0.562. The normalized spacial score (nSPS) is 10.7. The first-order valence-corrected chi connectivity index (χ1v) is 5.84. The molecule has 0 aliphatic rings. The predicted octanol–water partition coefficient (Wildman–Crippen LogP) is 2.49. The molecule has 6 heteroatoms. The van der Waals surface area contributed by atoms with Crippen molar-refractivity contribution in [3.8, 4) is 0 Å². The number of nitrogens with zero attached hydrogens (tertiary/aromatic N) is 1. The van der Waals surface area contributed by atoms with Crippen LogP contribution in [-0.4, -0.2) is 22.6 Å². The smallest absolute Gasteiger partial charge is 0.413 e. The van der Waals surface area contributed by atoms with Gasteiger partial charge in [-0.1, -0.05) is 6.07 Å². The minimum Gasteiger partial charge on any atom is -0.461 e. The number of rotatable bonds is 3. The first-order valence-electron chi connectivity index (χ1n) is 5.84. The van der Waals surface area contributed by atoms with Gasteiger partial charge in [0, 0.05) is 18.7 Å². The summed E-state index contributed by atoms with van der Waals surface area (Å²) in [6.45, 7) is 6.84. The molecule has 0 spiro atoms. The number of carbonyl (C=O) groups is 2. The number of amides is 1. The molecule has 0 bridgehead atoms. The van der Waals surface area contributed by atoms with Gasteiger partial charge < -0.3 is 9.47 Å². The first-order chi connectivity index (χ1) is 8.76. The molecule has 0 saturated carbocycles. The van der Waals surface area contributed by atoms with Crippen molar-refractivity contribution in [1.82, 2.24) is 4.98 Å². The zero-order valence-corrected chi connectivity index (χ0v) is 11.5. The van der Waals surface area contributed by atoms with Crippen LogP contribution in [0.1, 0.15) is 33.3 Å². The Morgan fingerprint density at radius 1 is 1.32 bits per heavy atom. The second-order valence-electron chi connectivity index (χ2n) is 4.96. The molecule has 0 fully saturated rings. The second kappa shape index (κ2) is 6.17. The summed E-state index contributed by atoms with van der Waals surface area (Å²) in [6, 6.07) is 3.32. The fourth-order valence-electron chi connectivity index (χ4n) is 1.18. The maximum Gasteiger partial charge on any atom is 0.413 e. The lowest BCUT2D eigenvalue weighted by Crippen LogP contribution is -2.27. The van der Waals surface area contributed by atoms with Gasteiger partial charge in [0.2, 0.25) is 0 Å². The van der Waals surface area contributed by atoms with Gasteiger partial charge >= 0.3 is 12.1 Å². The SMILES string of the molecule is CC(=O)OCc1ccc(NC(=O)OC(C)(C)C)nc1. The fourth-order valence-corrected chi connectivity index (χ4v) is 1.18. The molecule has 0 unspecified atom stereocenters. The van der Waals surface area contributed by atoms with E-state index in [4.69, 9.17) is 9.47 Å². The van der Waals surface area contributed by atoms with Crippen molar-refractivity contribution < 1.29 is 19.1 Å². The molecule has 1 heterocycles. The summed E-state index contributed by atoms with van der Waals surface area (Å²) >= 11 is 0. The molecule has 1 amide bonds. The standard InChI is InChI=1S/C13H18N2O4/c1-9(16)18-8-10-5-6-11(14-7-10)15-12(17)19-13(2,3)4/h5-7H,8H2,1-4H3,(H,14,15,17). The van der Waals surface area contributed by atoms with Crippen LogP contribution in [0.4, 0.5) is 10.6 Å². The van der Waals surface area contributed by atoms with E-state index >= 15 is 0 Å². The van der Waals surface area contributed by atoms with E-state index < -0.39 is 11.7 Å². The average molecular weight is 266 g/mol. The van der Waals surface area contributed by atoms with Gasteiger partial charge in [-0.05, 0) is 26.8 Å². The van der Waals surface area contributed by atoms with E-state index in [1.807, 2.05) is 0 Å². The Morgan fingerprint density at radius 3 is 2.47 bits per heavy atom. The zero-order chi connectivity index (χ0) is 14.5.